The van der Waals surface area contributed by atoms with Crippen LogP contribution in [0.3, 0.4) is 0 Å². The van der Waals surface area contributed by atoms with Gasteiger partial charge in [-0.15, -0.1) is 0 Å². The quantitative estimate of drug-likeness (QED) is 0.444. The zero-order valence-electron chi connectivity index (χ0n) is 14.9. The minimum absolute atomic E-state index is 0.0601. The molecule has 0 aliphatic carbocycles. The molecule has 0 aromatic heterocycles. The highest BCUT2D eigenvalue weighted by atomic mass is 19.1. The molecule has 0 atom stereocenters. The molecule has 0 aliphatic rings. The zero-order chi connectivity index (χ0) is 20.8. The number of rotatable bonds is 6. The Balaban J connectivity index is 2.34. The van der Waals surface area contributed by atoms with E-state index in [0.29, 0.717) is 0 Å². The van der Waals surface area contributed by atoms with E-state index >= 15 is 0 Å². The molecule has 146 valence electrons. The molecule has 0 aliphatic heterocycles. The molecule has 0 fully saturated rings. The number of nitro groups is 1. The van der Waals surface area contributed by atoms with Crippen molar-refractivity contribution < 1.29 is 28.4 Å². The molecular weight excluding hydrogens is 373 g/mol. The Morgan fingerprint density at radius 2 is 1.79 bits per heavy atom. The van der Waals surface area contributed by atoms with Gasteiger partial charge in [0.1, 0.15) is 5.82 Å². The van der Waals surface area contributed by atoms with E-state index < -0.39 is 34.2 Å². The van der Waals surface area contributed by atoms with Gasteiger partial charge in [0.05, 0.1) is 22.8 Å². The van der Waals surface area contributed by atoms with E-state index in [-0.39, 0.29) is 29.1 Å². The van der Waals surface area contributed by atoms with Crippen LogP contribution in [0.4, 0.5) is 21.5 Å². The van der Waals surface area contributed by atoms with Crippen LogP contribution in [0.1, 0.15) is 34.6 Å². The smallest absolute Gasteiger partial charge is 0.338 e. The number of hydrogen-bond acceptors (Lipinski definition) is 6. The maximum absolute atomic E-state index is 13.7. The normalized spacial score (nSPS) is 10.1. The van der Waals surface area contributed by atoms with Gasteiger partial charge in [0.15, 0.2) is 0 Å². The van der Waals surface area contributed by atoms with Crippen LogP contribution in [0.25, 0.3) is 0 Å². The third-order valence-electron chi connectivity index (χ3n) is 3.44. The topological polar surface area (TPSA) is 128 Å². The average Bonchev–Trinajstić information content (AvgIpc) is 2.63. The predicted molar refractivity (Wildman–Crippen MR) is 97.7 cm³/mol. The van der Waals surface area contributed by atoms with E-state index in [1.165, 1.54) is 19.1 Å². The van der Waals surface area contributed by atoms with Crippen molar-refractivity contribution in [2.24, 2.45) is 0 Å². The van der Waals surface area contributed by atoms with E-state index in [9.17, 15) is 28.9 Å². The Kier molecular flexibility index (Phi) is 6.38. The van der Waals surface area contributed by atoms with E-state index in [4.69, 9.17) is 4.74 Å². The Bertz CT molecular complexity index is 960. The summed E-state index contributed by atoms with van der Waals surface area (Å²) in [6.45, 7) is 2.83. The Morgan fingerprint density at radius 1 is 1.11 bits per heavy atom. The molecule has 0 bridgehead atoms. The van der Waals surface area contributed by atoms with Crippen molar-refractivity contribution in [2.45, 2.75) is 13.8 Å². The number of nitrogens with one attached hydrogen (secondary N) is 2. The molecule has 0 unspecified atom stereocenters. The van der Waals surface area contributed by atoms with Gasteiger partial charge < -0.3 is 15.4 Å². The minimum Gasteiger partial charge on any atom is -0.462 e. The fourth-order valence-corrected chi connectivity index (χ4v) is 2.27. The molecule has 0 radical (unpaired) electrons. The first-order valence-electron chi connectivity index (χ1n) is 8.06. The predicted octanol–water partition coefficient (Wildman–Crippen LogP) is 3.12. The summed E-state index contributed by atoms with van der Waals surface area (Å²) in [5.41, 5.74) is -0.786. The molecule has 2 rings (SSSR count). The van der Waals surface area contributed by atoms with Crippen molar-refractivity contribution >= 4 is 34.8 Å². The molecule has 2 N–H and O–H groups in total. The molecule has 28 heavy (non-hydrogen) atoms. The van der Waals surface area contributed by atoms with Crippen LogP contribution in [0.15, 0.2) is 36.4 Å². The summed E-state index contributed by atoms with van der Waals surface area (Å²) < 4.78 is 18.5. The second-order valence-electron chi connectivity index (χ2n) is 5.58. The highest BCUT2D eigenvalue weighted by Crippen LogP contribution is 2.22. The van der Waals surface area contributed by atoms with Crippen molar-refractivity contribution in [2.75, 3.05) is 17.2 Å². The van der Waals surface area contributed by atoms with Crippen LogP contribution < -0.4 is 10.6 Å². The van der Waals surface area contributed by atoms with Crippen molar-refractivity contribution in [1.29, 1.82) is 0 Å². The lowest BCUT2D eigenvalue weighted by molar-refractivity contribution is -0.384. The van der Waals surface area contributed by atoms with Crippen LogP contribution in [0.2, 0.25) is 0 Å². The first-order valence-corrected chi connectivity index (χ1v) is 8.06. The molecule has 10 heteroatoms. The number of carbonyl (C=O) groups excluding carboxylic acids is 3. The maximum atomic E-state index is 13.7. The maximum Gasteiger partial charge on any atom is 0.338 e. The summed E-state index contributed by atoms with van der Waals surface area (Å²) in [4.78, 5) is 45.8. The van der Waals surface area contributed by atoms with Crippen molar-refractivity contribution in [3.05, 3.63) is 63.5 Å². The monoisotopic (exact) mass is 389 g/mol. The Labute approximate surface area is 158 Å². The number of halogens is 1. The number of esters is 1. The summed E-state index contributed by atoms with van der Waals surface area (Å²) in [5, 5.41) is 15.8. The number of nitro benzene ring substituents is 1. The summed E-state index contributed by atoms with van der Waals surface area (Å²) >= 11 is 0. The van der Waals surface area contributed by atoms with Gasteiger partial charge in [-0.3, -0.25) is 19.7 Å². The molecule has 0 saturated heterocycles. The Morgan fingerprint density at radius 3 is 2.39 bits per heavy atom. The number of nitrogens with zero attached hydrogens (tertiary/aromatic N) is 1. The van der Waals surface area contributed by atoms with E-state index in [1.807, 2.05) is 0 Å². The number of ether oxygens (including phenoxy) is 1. The average molecular weight is 389 g/mol. The molecule has 0 heterocycles. The first-order chi connectivity index (χ1) is 13.2. The number of anilines is 2. The zero-order valence-corrected chi connectivity index (χ0v) is 14.9. The molecule has 2 amide bonds. The van der Waals surface area contributed by atoms with Crippen LogP contribution in [0.5, 0.6) is 0 Å². The fraction of sp³-hybridized carbons (Fsp3) is 0.167. The SMILES string of the molecule is CCOC(=O)c1cc(C(=O)Nc2ccc(F)c(NC(C)=O)c2)cc([N+](=O)[O-])c1. The molecule has 0 spiro atoms. The van der Waals surface area contributed by atoms with Gasteiger partial charge in [0.25, 0.3) is 11.6 Å². The molecule has 9 nitrogen and oxygen atoms in total. The van der Waals surface area contributed by atoms with Crippen molar-refractivity contribution in [1.82, 2.24) is 0 Å². The lowest BCUT2D eigenvalue weighted by Crippen LogP contribution is -2.15. The van der Waals surface area contributed by atoms with E-state index in [2.05, 4.69) is 10.6 Å². The minimum atomic E-state index is -0.810. The number of benzene rings is 2. The third-order valence-corrected chi connectivity index (χ3v) is 3.44. The van der Waals surface area contributed by atoms with Gasteiger partial charge in [-0.25, -0.2) is 9.18 Å². The first kappa shape index (κ1) is 20.5. The number of carbonyl (C=O) groups is 3. The van der Waals surface area contributed by atoms with Crippen LogP contribution >= 0.6 is 0 Å². The van der Waals surface area contributed by atoms with Gasteiger partial charge in [-0.2, -0.15) is 0 Å². The largest absolute Gasteiger partial charge is 0.462 e. The molecule has 2 aromatic carbocycles. The summed E-state index contributed by atoms with van der Waals surface area (Å²) in [5.74, 6) is -2.78. The molecule has 0 saturated carbocycles. The van der Waals surface area contributed by atoms with Crippen LogP contribution in [-0.4, -0.2) is 29.3 Å². The summed E-state index contributed by atoms with van der Waals surface area (Å²) in [7, 11) is 0. The number of non-ortho nitro benzene ring substituents is 1. The summed E-state index contributed by atoms with van der Waals surface area (Å²) in [6, 6.07) is 6.63. The fourth-order valence-electron chi connectivity index (χ4n) is 2.27. The van der Waals surface area contributed by atoms with Gasteiger partial charge in [-0.1, -0.05) is 0 Å². The van der Waals surface area contributed by atoms with Crippen molar-refractivity contribution in [3.8, 4) is 0 Å². The van der Waals surface area contributed by atoms with Gasteiger partial charge in [0, 0.05) is 30.3 Å². The standard InChI is InChI=1S/C18H16FN3O6/c1-3-28-18(25)12-6-11(7-14(8-12)22(26)27)17(24)21-13-4-5-15(19)16(9-13)20-10(2)23/h4-9H,3H2,1-2H3,(H,20,23)(H,21,24). The van der Waals surface area contributed by atoms with Crippen LogP contribution in [0, 0.1) is 15.9 Å². The Hall–Kier alpha value is -3.82. The van der Waals surface area contributed by atoms with E-state index in [0.717, 1.165) is 24.3 Å². The van der Waals surface area contributed by atoms with E-state index in [1.54, 1.807) is 6.92 Å². The number of hydrogen-bond donors (Lipinski definition) is 2. The van der Waals surface area contributed by atoms with Crippen molar-refractivity contribution in [3.63, 3.8) is 0 Å². The second kappa shape index (κ2) is 8.71. The lowest BCUT2D eigenvalue weighted by atomic mass is 10.1. The highest BCUT2D eigenvalue weighted by molar-refractivity contribution is 6.06. The lowest BCUT2D eigenvalue weighted by Gasteiger charge is -2.10. The number of amides is 2. The third kappa shape index (κ3) is 5.10. The van der Waals surface area contributed by atoms with Gasteiger partial charge >= 0.3 is 5.97 Å². The molecular formula is C18H16FN3O6. The highest BCUT2D eigenvalue weighted by Gasteiger charge is 2.19. The van der Waals surface area contributed by atoms with Gasteiger partial charge in [-0.05, 0) is 31.2 Å². The molecule has 2 aromatic rings. The van der Waals surface area contributed by atoms with Crippen LogP contribution in [-0.2, 0) is 9.53 Å². The summed E-state index contributed by atoms with van der Waals surface area (Å²) in [6.07, 6.45) is 0. The van der Waals surface area contributed by atoms with Gasteiger partial charge in [0.2, 0.25) is 5.91 Å². The second-order valence-corrected chi connectivity index (χ2v) is 5.58.